The molecule has 0 aromatic carbocycles. The third kappa shape index (κ3) is 3.71. The molecule has 1 heteroatoms. The molecule has 1 N–H and O–H groups in total. The minimum atomic E-state index is 0.0619. The maximum Gasteiger partial charge on any atom is 0.0615 e. The standard InChI is InChI=1S/C16H24O/c1-4-9-14(12-8-13-17)16(2,3)15-10-6-5-7-11-15/h5-6,8-10,12,17H,4,7,11,13H2,1-3H3/b12-8-,14-9+. The number of rotatable bonds is 5. The first-order valence-electron chi connectivity index (χ1n) is 6.47. The molecule has 94 valence electrons. The fourth-order valence-corrected chi connectivity index (χ4v) is 2.24. The van der Waals surface area contributed by atoms with E-state index in [4.69, 9.17) is 5.11 Å². The molecule has 0 amide bonds. The fourth-order valence-electron chi connectivity index (χ4n) is 2.24. The first-order valence-corrected chi connectivity index (χ1v) is 6.47. The van der Waals surface area contributed by atoms with Crippen molar-refractivity contribution in [2.24, 2.45) is 5.41 Å². The summed E-state index contributed by atoms with van der Waals surface area (Å²) in [5.74, 6) is 0. The quantitative estimate of drug-likeness (QED) is 0.705. The summed E-state index contributed by atoms with van der Waals surface area (Å²) in [5, 5.41) is 8.92. The lowest BCUT2D eigenvalue weighted by Gasteiger charge is -2.31. The van der Waals surface area contributed by atoms with Gasteiger partial charge in [-0.2, -0.15) is 0 Å². The molecule has 17 heavy (non-hydrogen) atoms. The van der Waals surface area contributed by atoms with Gasteiger partial charge in [-0.3, -0.25) is 0 Å². The molecule has 0 radical (unpaired) electrons. The van der Waals surface area contributed by atoms with Crippen molar-refractivity contribution in [2.45, 2.75) is 40.0 Å². The van der Waals surface area contributed by atoms with Gasteiger partial charge in [-0.05, 0) is 24.8 Å². The van der Waals surface area contributed by atoms with Gasteiger partial charge >= 0.3 is 0 Å². The Morgan fingerprint density at radius 3 is 2.76 bits per heavy atom. The van der Waals surface area contributed by atoms with Crippen LogP contribution in [0.2, 0.25) is 0 Å². The Kier molecular flexibility index (Phi) is 5.43. The highest BCUT2D eigenvalue weighted by atomic mass is 16.2. The predicted molar refractivity (Wildman–Crippen MR) is 74.8 cm³/mol. The molecular formula is C16H24O. The highest BCUT2D eigenvalue weighted by molar-refractivity contribution is 5.37. The second-order valence-corrected chi connectivity index (χ2v) is 4.94. The molecule has 1 aliphatic rings. The lowest BCUT2D eigenvalue weighted by Crippen LogP contribution is -2.18. The van der Waals surface area contributed by atoms with E-state index in [1.165, 1.54) is 11.1 Å². The van der Waals surface area contributed by atoms with Crippen molar-refractivity contribution in [3.05, 3.63) is 47.6 Å². The van der Waals surface area contributed by atoms with Gasteiger partial charge in [-0.25, -0.2) is 0 Å². The molecule has 1 nitrogen and oxygen atoms in total. The minimum Gasteiger partial charge on any atom is -0.392 e. The molecule has 0 atom stereocenters. The van der Waals surface area contributed by atoms with Crippen molar-refractivity contribution in [2.75, 3.05) is 6.61 Å². The third-order valence-corrected chi connectivity index (χ3v) is 3.37. The van der Waals surface area contributed by atoms with Crippen molar-refractivity contribution < 1.29 is 5.11 Å². The van der Waals surface area contributed by atoms with Gasteiger partial charge in [0.2, 0.25) is 0 Å². The average molecular weight is 232 g/mol. The SMILES string of the molecule is CC/C=C(\C=C/CO)C(C)(C)C1=CC=CCC1. The van der Waals surface area contributed by atoms with Crippen LogP contribution in [0.4, 0.5) is 0 Å². The molecule has 0 aromatic heterocycles. The van der Waals surface area contributed by atoms with Crippen LogP contribution in [0.15, 0.2) is 47.6 Å². The summed E-state index contributed by atoms with van der Waals surface area (Å²) >= 11 is 0. The highest BCUT2D eigenvalue weighted by Gasteiger charge is 2.25. The molecule has 1 aliphatic carbocycles. The summed E-state index contributed by atoms with van der Waals surface area (Å²) in [6, 6.07) is 0. The van der Waals surface area contributed by atoms with Gasteiger partial charge in [0.15, 0.2) is 0 Å². The molecular weight excluding hydrogens is 208 g/mol. The Bertz CT molecular complexity index is 354. The zero-order chi connectivity index (χ0) is 12.7. The van der Waals surface area contributed by atoms with E-state index in [1.54, 1.807) is 0 Å². The van der Waals surface area contributed by atoms with E-state index in [0.29, 0.717) is 0 Å². The van der Waals surface area contributed by atoms with Gasteiger partial charge in [0, 0.05) is 5.41 Å². The van der Waals surface area contributed by atoms with E-state index in [2.05, 4.69) is 51.2 Å². The summed E-state index contributed by atoms with van der Waals surface area (Å²) in [5.41, 5.74) is 2.84. The van der Waals surface area contributed by atoms with E-state index < -0.39 is 0 Å². The molecule has 0 saturated heterocycles. The predicted octanol–water partition coefficient (Wildman–Crippen LogP) is 4.17. The van der Waals surface area contributed by atoms with Crippen LogP contribution in [-0.4, -0.2) is 11.7 Å². The lowest BCUT2D eigenvalue weighted by atomic mass is 9.73. The molecule has 0 aliphatic heterocycles. The summed E-state index contributed by atoms with van der Waals surface area (Å²) in [7, 11) is 0. The highest BCUT2D eigenvalue weighted by Crippen LogP contribution is 2.39. The van der Waals surface area contributed by atoms with Crippen LogP contribution in [0.5, 0.6) is 0 Å². The number of hydrogen-bond donors (Lipinski definition) is 1. The molecule has 0 saturated carbocycles. The maximum absolute atomic E-state index is 8.92. The Labute approximate surface area is 105 Å². The lowest BCUT2D eigenvalue weighted by molar-refractivity contribution is 0.342. The van der Waals surface area contributed by atoms with Gasteiger partial charge in [-0.1, -0.05) is 62.8 Å². The van der Waals surface area contributed by atoms with E-state index in [1.807, 2.05) is 6.08 Å². The van der Waals surface area contributed by atoms with Gasteiger partial charge in [-0.15, -0.1) is 0 Å². The Hall–Kier alpha value is -1.08. The summed E-state index contributed by atoms with van der Waals surface area (Å²) < 4.78 is 0. The van der Waals surface area contributed by atoms with E-state index >= 15 is 0 Å². The monoisotopic (exact) mass is 232 g/mol. The van der Waals surface area contributed by atoms with Gasteiger partial charge in [0.25, 0.3) is 0 Å². The van der Waals surface area contributed by atoms with Gasteiger partial charge < -0.3 is 5.11 Å². The zero-order valence-corrected chi connectivity index (χ0v) is 11.2. The molecule has 0 bridgehead atoms. The summed E-state index contributed by atoms with van der Waals surface area (Å²) in [6.07, 6.45) is 16.0. The first-order chi connectivity index (χ1) is 8.12. The minimum absolute atomic E-state index is 0.0619. The van der Waals surface area contributed by atoms with Crippen LogP contribution in [0.1, 0.15) is 40.0 Å². The maximum atomic E-state index is 8.92. The van der Waals surface area contributed by atoms with Crippen LogP contribution in [0.25, 0.3) is 0 Å². The molecule has 0 aromatic rings. The Morgan fingerprint density at radius 2 is 2.24 bits per heavy atom. The molecule has 0 spiro atoms. The molecule has 0 fully saturated rings. The summed E-state index contributed by atoms with van der Waals surface area (Å²) in [6.45, 7) is 6.79. The number of aliphatic hydroxyl groups is 1. The zero-order valence-electron chi connectivity index (χ0n) is 11.2. The summed E-state index contributed by atoms with van der Waals surface area (Å²) in [4.78, 5) is 0. The number of hydrogen-bond acceptors (Lipinski definition) is 1. The van der Waals surface area contributed by atoms with Gasteiger partial charge in [0.1, 0.15) is 0 Å². The van der Waals surface area contributed by atoms with Crippen molar-refractivity contribution in [1.82, 2.24) is 0 Å². The van der Waals surface area contributed by atoms with Crippen molar-refractivity contribution in [1.29, 1.82) is 0 Å². The van der Waals surface area contributed by atoms with Crippen LogP contribution in [0.3, 0.4) is 0 Å². The second-order valence-electron chi connectivity index (χ2n) is 4.94. The van der Waals surface area contributed by atoms with Crippen LogP contribution >= 0.6 is 0 Å². The Balaban J connectivity index is 2.99. The van der Waals surface area contributed by atoms with Crippen LogP contribution < -0.4 is 0 Å². The second kappa shape index (κ2) is 6.61. The van der Waals surface area contributed by atoms with Crippen LogP contribution in [0, 0.1) is 5.41 Å². The van der Waals surface area contributed by atoms with Crippen LogP contribution in [-0.2, 0) is 0 Å². The van der Waals surface area contributed by atoms with Crippen molar-refractivity contribution in [3.8, 4) is 0 Å². The number of allylic oxidation sites excluding steroid dienone is 7. The normalized spacial score (nSPS) is 17.6. The van der Waals surface area contributed by atoms with E-state index in [-0.39, 0.29) is 12.0 Å². The average Bonchev–Trinajstić information content (AvgIpc) is 2.35. The van der Waals surface area contributed by atoms with E-state index in [9.17, 15) is 0 Å². The Morgan fingerprint density at radius 1 is 1.47 bits per heavy atom. The molecule has 1 rings (SSSR count). The van der Waals surface area contributed by atoms with E-state index in [0.717, 1.165) is 19.3 Å². The fraction of sp³-hybridized carbons (Fsp3) is 0.500. The third-order valence-electron chi connectivity index (χ3n) is 3.37. The molecule has 0 heterocycles. The van der Waals surface area contributed by atoms with Crippen molar-refractivity contribution >= 4 is 0 Å². The largest absolute Gasteiger partial charge is 0.392 e. The van der Waals surface area contributed by atoms with Gasteiger partial charge in [0.05, 0.1) is 6.61 Å². The smallest absolute Gasteiger partial charge is 0.0615 e. The topological polar surface area (TPSA) is 20.2 Å². The molecule has 0 unspecified atom stereocenters. The van der Waals surface area contributed by atoms with Crippen molar-refractivity contribution in [3.63, 3.8) is 0 Å². The first kappa shape index (κ1) is 14.0. The number of aliphatic hydroxyl groups excluding tert-OH is 1.